The summed E-state index contributed by atoms with van der Waals surface area (Å²) in [6.45, 7) is 0.672. The lowest BCUT2D eigenvalue weighted by Gasteiger charge is -1.98. The third kappa shape index (κ3) is 3.80. The maximum absolute atomic E-state index is 11.0. The number of hydrogen-bond acceptors (Lipinski definition) is 5. The van der Waals surface area contributed by atoms with Crippen molar-refractivity contribution in [3.05, 3.63) is 36.9 Å². The number of ether oxygens (including phenoxy) is 1. The van der Waals surface area contributed by atoms with Crippen LogP contribution in [0, 0.1) is 0 Å². The molecule has 98 valence electrons. The number of methoxy groups -OCH3 is 1. The van der Waals surface area contributed by atoms with Crippen LogP contribution >= 0.6 is 0 Å². The van der Waals surface area contributed by atoms with Gasteiger partial charge in [0.1, 0.15) is 6.20 Å². The summed E-state index contributed by atoms with van der Waals surface area (Å²) in [5.41, 5.74) is 0.866. The maximum Gasteiger partial charge on any atom is 0.305 e. The Bertz CT molecular complexity index is 528. The largest absolute Gasteiger partial charge is 0.469 e. The van der Waals surface area contributed by atoms with Crippen LogP contribution in [0.4, 0.5) is 0 Å². The quantitative estimate of drug-likeness (QED) is 0.586. The van der Waals surface area contributed by atoms with Crippen molar-refractivity contribution in [2.45, 2.75) is 19.4 Å². The van der Waals surface area contributed by atoms with Crippen LogP contribution < -0.4 is 4.68 Å². The monoisotopic (exact) mass is 259 g/mol. The predicted molar refractivity (Wildman–Crippen MR) is 66.7 cm³/mol. The van der Waals surface area contributed by atoms with E-state index in [1.807, 2.05) is 12.3 Å². The number of aromatic nitrogens is 4. The first-order valence-corrected chi connectivity index (χ1v) is 5.99. The Kier molecular flexibility index (Phi) is 4.49. The summed E-state index contributed by atoms with van der Waals surface area (Å²) in [5, 5.41) is 4.26. The third-order valence-corrected chi connectivity index (χ3v) is 2.59. The molecule has 0 aliphatic rings. The number of aryl methyl sites for hydroxylation is 1. The molecule has 2 aromatic heterocycles. The van der Waals surface area contributed by atoms with Crippen LogP contribution in [0.25, 0.3) is 11.4 Å². The molecule has 0 aliphatic heterocycles. The number of nitrogens with zero attached hydrogens (tertiary/aromatic N) is 4. The molecule has 0 aromatic carbocycles. The highest BCUT2D eigenvalue weighted by molar-refractivity contribution is 5.68. The zero-order valence-corrected chi connectivity index (χ0v) is 10.7. The fraction of sp³-hybridized carbons (Fsp3) is 0.308. The standard InChI is InChI=1S/C13H15N4O2/c1-19-12(18)4-2-8-17-9-5-11(10-16-17)13-14-6-3-7-15-13/h3,5-7,9-10H,2,4,8H2,1H3/q+1. The van der Waals surface area contributed by atoms with E-state index in [1.165, 1.54) is 7.11 Å². The number of carbonyl (C=O) groups is 1. The van der Waals surface area contributed by atoms with Crippen molar-refractivity contribution in [3.8, 4) is 11.4 Å². The number of esters is 1. The molecule has 0 amide bonds. The normalized spacial score (nSPS) is 10.2. The molecule has 6 heteroatoms. The maximum atomic E-state index is 11.0. The summed E-state index contributed by atoms with van der Waals surface area (Å²) in [7, 11) is 1.39. The summed E-state index contributed by atoms with van der Waals surface area (Å²) >= 11 is 0. The van der Waals surface area contributed by atoms with Crippen LogP contribution in [-0.4, -0.2) is 28.1 Å². The summed E-state index contributed by atoms with van der Waals surface area (Å²) in [5.74, 6) is 0.451. The van der Waals surface area contributed by atoms with Gasteiger partial charge in [-0.3, -0.25) is 4.79 Å². The van der Waals surface area contributed by atoms with Gasteiger partial charge in [0.25, 0.3) is 0 Å². The first-order valence-electron chi connectivity index (χ1n) is 5.99. The van der Waals surface area contributed by atoms with Gasteiger partial charge in [0.15, 0.2) is 18.6 Å². The van der Waals surface area contributed by atoms with Crippen LogP contribution in [0.5, 0.6) is 0 Å². The molecule has 0 bridgehead atoms. The highest BCUT2D eigenvalue weighted by Gasteiger charge is 2.07. The smallest absolute Gasteiger partial charge is 0.305 e. The van der Waals surface area contributed by atoms with E-state index in [4.69, 9.17) is 0 Å². The summed E-state index contributed by atoms with van der Waals surface area (Å²) in [6, 6.07) is 3.67. The van der Waals surface area contributed by atoms with E-state index in [0.717, 1.165) is 5.56 Å². The second-order valence-corrected chi connectivity index (χ2v) is 3.93. The van der Waals surface area contributed by atoms with Gasteiger partial charge in [0.05, 0.1) is 13.5 Å². The highest BCUT2D eigenvalue weighted by Crippen LogP contribution is 2.09. The molecule has 0 unspecified atom stereocenters. The molecule has 6 nitrogen and oxygen atoms in total. The molecule has 0 saturated heterocycles. The molecule has 0 N–H and O–H groups in total. The van der Waals surface area contributed by atoms with Gasteiger partial charge < -0.3 is 4.74 Å². The lowest BCUT2D eigenvalue weighted by Crippen LogP contribution is -2.37. The Morgan fingerprint density at radius 3 is 2.79 bits per heavy atom. The Labute approximate surface area is 111 Å². The van der Waals surface area contributed by atoms with Gasteiger partial charge in [-0.15, -0.1) is 0 Å². The van der Waals surface area contributed by atoms with Crippen molar-refractivity contribution in [3.63, 3.8) is 0 Å². The van der Waals surface area contributed by atoms with E-state index < -0.39 is 0 Å². The molecule has 0 spiro atoms. The Balaban J connectivity index is 1.94. The number of rotatable bonds is 5. The van der Waals surface area contributed by atoms with E-state index in [1.54, 1.807) is 29.3 Å². The minimum absolute atomic E-state index is 0.199. The molecular formula is C13H15N4O2+. The van der Waals surface area contributed by atoms with E-state index in [0.29, 0.717) is 25.2 Å². The average molecular weight is 259 g/mol. The average Bonchev–Trinajstić information content (AvgIpc) is 2.48. The topological polar surface area (TPSA) is 68.8 Å². The molecular weight excluding hydrogens is 244 g/mol. The molecule has 0 aliphatic carbocycles. The lowest BCUT2D eigenvalue weighted by atomic mass is 10.3. The van der Waals surface area contributed by atoms with Gasteiger partial charge >= 0.3 is 5.97 Å². The van der Waals surface area contributed by atoms with Gasteiger partial charge in [-0.25, -0.2) is 9.97 Å². The molecule has 2 rings (SSSR count). The Hall–Kier alpha value is -2.37. The van der Waals surface area contributed by atoms with E-state index in [2.05, 4.69) is 19.8 Å². The molecule has 0 atom stereocenters. The fourth-order valence-electron chi connectivity index (χ4n) is 1.58. The third-order valence-electron chi connectivity index (χ3n) is 2.59. The van der Waals surface area contributed by atoms with Crippen molar-refractivity contribution < 1.29 is 14.2 Å². The van der Waals surface area contributed by atoms with Crippen LogP contribution in [0.3, 0.4) is 0 Å². The van der Waals surface area contributed by atoms with Gasteiger partial charge in [0, 0.05) is 30.4 Å². The molecule has 0 radical (unpaired) electrons. The second kappa shape index (κ2) is 6.53. The molecule has 19 heavy (non-hydrogen) atoms. The van der Waals surface area contributed by atoms with Crippen molar-refractivity contribution in [1.29, 1.82) is 0 Å². The van der Waals surface area contributed by atoms with Crippen LogP contribution in [0.2, 0.25) is 0 Å². The molecule has 0 fully saturated rings. The zero-order valence-electron chi connectivity index (χ0n) is 10.7. The Morgan fingerprint density at radius 1 is 1.37 bits per heavy atom. The summed E-state index contributed by atoms with van der Waals surface area (Å²) < 4.78 is 6.35. The first-order chi connectivity index (χ1) is 9.29. The fourth-order valence-corrected chi connectivity index (χ4v) is 1.58. The van der Waals surface area contributed by atoms with Gasteiger partial charge in [-0.05, 0) is 11.2 Å². The SMILES string of the molecule is COC(=O)CCC[n+]1ccc(-c2ncccn2)cn1. The highest BCUT2D eigenvalue weighted by atomic mass is 16.5. The van der Waals surface area contributed by atoms with Crippen LogP contribution in [0.15, 0.2) is 36.9 Å². The van der Waals surface area contributed by atoms with E-state index >= 15 is 0 Å². The van der Waals surface area contributed by atoms with Crippen LogP contribution in [-0.2, 0) is 16.1 Å². The number of carbonyl (C=O) groups excluding carboxylic acids is 1. The zero-order chi connectivity index (χ0) is 13.5. The summed E-state index contributed by atoms with van der Waals surface area (Å²) in [6.07, 6.45) is 8.05. The number of hydrogen-bond donors (Lipinski definition) is 0. The Morgan fingerprint density at radius 2 is 2.16 bits per heavy atom. The second-order valence-electron chi connectivity index (χ2n) is 3.93. The minimum atomic E-state index is -0.199. The van der Waals surface area contributed by atoms with Gasteiger partial charge in [-0.2, -0.15) is 0 Å². The minimum Gasteiger partial charge on any atom is -0.469 e. The predicted octanol–water partition coefficient (Wildman–Crippen LogP) is 0.779. The van der Waals surface area contributed by atoms with Crippen LogP contribution in [0.1, 0.15) is 12.8 Å². The van der Waals surface area contributed by atoms with Crippen molar-refractivity contribution in [2.24, 2.45) is 0 Å². The summed E-state index contributed by atoms with van der Waals surface area (Å²) in [4.78, 5) is 19.3. The van der Waals surface area contributed by atoms with Crippen molar-refractivity contribution in [2.75, 3.05) is 7.11 Å². The van der Waals surface area contributed by atoms with Gasteiger partial charge in [-0.1, -0.05) is 4.68 Å². The molecule has 2 heterocycles. The van der Waals surface area contributed by atoms with Crippen molar-refractivity contribution >= 4 is 5.97 Å². The van der Waals surface area contributed by atoms with Gasteiger partial charge in [0.2, 0.25) is 0 Å². The first kappa shape index (κ1) is 13.1. The van der Waals surface area contributed by atoms with Crippen molar-refractivity contribution in [1.82, 2.24) is 15.1 Å². The lowest BCUT2D eigenvalue weighted by molar-refractivity contribution is -0.754. The molecule has 0 saturated carbocycles. The van der Waals surface area contributed by atoms with E-state index in [-0.39, 0.29) is 5.97 Å². The van der Waals surface area contributed by atoms with E-state index in [9.17, 15) is 4.79 Å². The molecule has 2 aromatic rings.